The minimum Gasteiger partial charge on any atom is -0.506 e. The van der Waals surface area contributed by atoms with Crippen LogP contribution in [0.4, 0.5) is 22.0 Å². The normalized spacial score (nSPS) is 13.9. The molecular formula is C9H8Cl2F5NO. The van der Waals surface area contributed by atoms with Gasteiger partial charge in [-0.05, 0) is 17.7 Å². The highest BCUT2D eigenvalue weighted by molar-refractivity contribution is 6.32. The van der Waals surface area contributed by atoms with Crippen LogP contribution >= 0.6 is 24.0 Å². The SMILES string of the molecule is Cl.N[C@H](c1ccc(O)c(Cl)c1)C(F)(F)C(F)(F)F. The lowest BCUT2D eigenvalue weighted by atomic mass is 10.0. The van der Waals surface area contributed by atoms with Crippen LogP contribution in [0.25, 0.3) is 0 Å². The highest BCUT2D eigenvalue weighted by Gasteiger charge is 2.61. The predicted molar refractivity (Wildman–Crippen MR) is 58.3 cm³/mol. The molecular weight excluding hydrogens is 304 g/mol. The number of hydrogen-bond acceptors (Lipinski definition) is 2. The van der Waals surface area contributed by atoms with Crippen LogP contribution in [0.15, 0.2) is 18.2 Å². The molecule has 104 valence electrons. The summed E-state index contributed by atoms with van der Waals surface area (Å²) in [6, 6.07) is -0.0721. The maximum atomic E-state index is 12.9. The first kappa shape index (κ1) is 17.2. The van der Waals surface area contributed by atoms with Gasteiger partial charge in [0.2, 0.25) is 0 Å². The molecule has 0 aliphatic carbocycles. The molecule has 0 bridgehead atoms. The Bertz CT molecular complexity index is 424. The van der Waals surface area contributed by atoms with Gasteiger partial charge in [0.1, 0.15) is 11.8 Å². The number of phenolic OH excluding ortho intramolecular Hbond substituents is 1. The van der Waals surface area contributed by atoms with Crippen molar-refractivity contribution in [3.05, 3.63) is 28.8 Å². The Morgan fingerprint density at radius 1 is 1.17 bits per heavy atom. The van der Waals surface area contributed by atoms with Crippen LogP contribution in [0, 0.1) is 0 Å². The van der Waals surface area contributed by atoms with Gasteiger partial charge in [0.25, 0.3) is 0 Å². The van der Waals surface area contributed by atoms with Gasteiger partial charge in [-0.15, -0.1) is 12.4 Å². The zero-order valence-electron chi connectivity index (χ0n) is 8.51. The Balaban J connectivity index is 0.00000289. The Kier molecular flexibility index (Phi) is 5.22. The van der Waals surface area contributed by atoms with Gasteiger partial charge in [-0.25, -0.2) is 0 Å². The summed E-state index contributed by atoms with van der Waals surface area (Å²) in [5.41, 5.74) is 4.35. The molecule has 0 aromatic heterocycles. The van der Waals surface area contributed by atoms with Crippen molar-refractivity contribution in [1.29, 1.82) is 0 Å². The van der Waals surface area contributed by atoms with Gasteiger partial charge in [-0.2, -0.15) is 22.0 Å². The first-order valence-corrected chi connectivity index (χ1v) is 4.63. The van der Waals surface area contributed by atoms with Crippen LogP contribution in [0.1, 0.15) is 11.6 Å². The van der Waals surface area contributed by atoms with Crippen molar-refractivity contribution in [1.82, 2.24) is 0 Å². The summed E-state index contributed by atoms with van der Waals surface area (Å²) in [7, 11) is 0. The maximum absolute atomic E-state index is 12.9. The lowest BCUT2D eigenvalue weighted by Crippen LogP contribution is -2.45. The van der Waals surface area contributed by atoms with E-state index in [2.05, 4.69) is 0 Å². The van der Waals surface area contributed by atoms with E-state index in [0.717, 1.165) is 18.2 Å². The van der Waals surface area contributed by atoms with Crippen LogP contribution < -0.4 is 5.73 Å². The van der Waals surface area contributed by atoms with E-state index in [0.29, 0.717) is 0 Å². The molecule has 9 heteroatoms. The fourth-order valence-corrected chi connectivity index (χ4v) is 1.29. The second-order valence-corrected chi connectivity index (χ2v) is 3.72. The third-order valence-electron chi connectivity index (χ3n) is 2.10. The Labute approximate surface area is 110 Å². The average Bonchev–Trinajstić information content (AvgIpc) is 2.19. The van der Waals surface area contributed by atoms with Gasteiger partial charge in [0, 0.05) is 0 Å². The standard InChI is InChI=1S/C9H7ClF5NO.ClH/c10-5-3-4(1-2-6(5)17)7(16)8(11,12)9(13,14)15;/h1-3,7,17H,16H2;1H/t7-;/m1./s1. The topological polar surface area (TPSA) is 46.2 Å². The molecule has 0 spiro atoms. The quantitative estimate of drug-likeness (QED) is 0.819. The highest BCUT2D eigenvalue weighted by Crippen LogP contribution is 2.44. The molecule has 0 aliphatic rings. The van der Waals surface area contributed by atoms with Crippen molar-refractivity contribution >= 4 is 24.0 Å². The van der Waals surface area contributed by atoms with Crippen molar-refractivity contribution in [2.24, 2.45) is 5.73 Å². The summed E-state index contributed by atoms with van der Waals surface area (Å²) < 4.78 is 61.9. The van der Waals surface area contributed by atoms with E-state index in [-0.39, 0.29) is 17.4 Å². The first-order valence-electron chi connectivity index (χ1n) is 4.26. The molecule has 1 aromatic carbocycles. The fourth-order valence-electron chi connectivity index (χ4n) is 1.10. The zero-order valence-corrected chi connectivity index (χ0v) is 10.1. The molecule has 1 aromatic rings. The van der Waals surface area contributed by atoms with E-state index in [4.69, 9.17) is 22.4 Å². The van der Waals surface area contributed by atoms with Gasteiger partial charge >= 0.3 is 12.1 Å². The summed E-state index contributed by atoms with van der Waals surface area (Å²) in [5, 5.41) is 8.65. The molecule has 1 atom stereocenters. The van der Waals surface area contributed by atoms with Gasteiger partial charge in [0.15, 0.2) is 0 Å². The lowest BCUT2D eigenvalue weighted by molar-refractivity contribution is -0.291. The summed E-state index contributed by atoms with van der Waals surface area (Å²) >= 11 is 5.39. The fraction of sp³-hybridized carbons (Fsp3) is 0.333. The first-order chi connectivity index (χ1) is 7.57. The molecule has 3 N–H and O–H groups in total. The minimum atomic E-state index is -5.75. The molecule has 0 saturated carbocycles. The third kappa shape index (κ3) is 3.15. The van der Waals surface area contributed by atoms with Gasteiger partial charge in [0.05, 0.1) is 5.02 Å². The van der Waals surface area contributed by atoms with Crippen molar-refractivity contribution < 1.29 is 27.1 Å². The molecule has 0 aliphatic heterocycles. The number of halogens is 7. The number of nitrogens with two attached hydrogens (primary N) is 1. The van der Waals surface area contributed by atoms with Crippen molar-refractivity contribution in [3.8, 4) is 5.75 Å². The number of hydrogen-bond donors (Lipinski definition) is 2. The minimum absolute atomic E-state index is 0. The Morgan fingerprint density at radius 2 is 1.67 bits per heavy atom. The molecule has 0 fully saturated rings. The summed E-state index contributed by atoms with van der Waals surface area (Å²) in [6.07, 6.45) is -5.75. The molecule has 1 rings (SSSR count). The van der Waals surface area contributed by atoms with Crippen LogP contribution in [0.2, 0.25) is 5.02 Å². The van der Waals surface area contributed by atoms with Crippen molar-refractivity contribution in [2.45, 2.75) is 18.1 Å². The van der Waals surface area contributed by atoms with E-state index in [1.165, 1.54) is 0 Å². The largest absolute Gasteiger partial charge is 0.506 e. The molecule has 0 heterocycles. The zero-order chi connectivity index (χ0) is 13.4. The average molecular weight is 312 g/mol. The van der Waals surface area contributed by atoms with Crippen molar-refractivity contribution in [3.63, 3.8) is 0 Å². The predicted octanol–water partition coefficient (Wildman–Crippen LogP) is 3.66. The number of benzene rings is 1. The molecule has 0 saturated heterocycles. The number of rotatable bonds is 2. The van der Waals surface area contributed by atoms with E-state index < -0.39 is 29.5 Å². The number of phenols is 1. The number of aromatic hydroxyl groups is 1. The summed E-state index contributed by atoms with van der Waals surface area (Å²) in [6.45, 7) is 0. The van der Waals surface area contributed by atoms with Crippen LogP contribution in [-0.2, 0) is 0 Å². The van der Waals surface area contributed by atoms with Crippen LogP contribution in [0.5, 0.6) is 5.75 Å². The highest BCUT2D eigenvalue weighted by atomic mass is 35.5. The van der Waals surface area contributed by atoms with E-state index in [1.54, 1.807) is 0 Å². The molecule has 0 amide bonds. The lowest BCUT2D eigenvalue weighted by Gasteiger charge is -2.26. The smallest absolute Gasteiger partial charge is 0.455 e. The van der Waals surface area contributed by atoms with Crippen LogP contribution in [0.3, 0.4) is 0 Å². The molecule has 0 radical (unpaired) electrons. The summed E-state index contributed by atoms with van der Waals surface area (Å²) in [4.78, 5) is 0. The molecule has 2 nitrogen and oxygen atoms in total. The van der Waals surface area contributed by atoms with Gasteiger partial charge in [-0.1, -0.05) is 17.7 Å². The summed E-state index contributed by atoms with van der Waals surface area (Å²) in [5.74, 6) is -5.51. The van der Waals surface area contributed by atoms with E-state index >= 15 is 0 Å². The van der Waals surface area contributed by atoms with E-state index in [9.17, 15) is 22.0 Å². The second kappa shape index (κ2) is 5.46. The number of alkyl halides is 5. The third-order valence-corrected chi connectivity index (χ3v) is 2.40. The second-order valence-electron chi connectivity index (χ2n) is 3.31. The van der Waals surface area contributed by atoms with Crippen LogP contribution in [-0.4, -0.2) is 17.2 Å². The van der Waals surface area contributed by atoms with Gasteiger partial charge < -0.3 is 10.8 Å². The molecule has 0 unspecified atom stereocenters. The maximum Gasteiger partial charge on any atom is 0.455 e. The van der Waals surface area contributed by atoms with Crippen molar-refractivity contribution in [2.75, 3.05) is 0 Å². The molecule has 18 heavy (non-hydrogen) atoms. The van der Waals surface area contributed by atoms with E-state index in [1.807, 2.05) is 0 Å². The Morgan fingerprint density at radius 3 is 2.06 bits per heavy atom. The monoisotopic (exact) mass is 311 g/mol. The van der Waals surface area contributed by atoms with Gasteiger partial charge in [-0.3, -0.25) is 0 Å². The Hall–Kier alpha value is -0.790.